The first-order valence-electron chi connectivity index (χ1n) is 13.2. The Kier molecular flexibility index (Phi) is 5.54. The van der Waals surface area contributed by atoms with Crippen molar-refractivity contribution in [3.8, 4) is 0 Å². The van der Waals surface area contributed by atoms with E-state index < -0.39 is 0 Å². The minimum Gasteiger partial charge on any atom is -0.0828 e. The standard InChI is InChI=1S/C34H29Br3/c35-31-22-25-21-30(24-31,26-13-5-1-6-14-26)33(28-17-9-3-10-18-28,29-19-11-4-12-20-29)32(23-25,34(31,36)37)27-15-7-2-8-16-27/h1-20,25H,21-24H2. The van der Waals surface area contributed by atoms with E-state index in [2.05, 4.69) is 169 Å². The Balaban J connectivity index is 1.74. The van der Waals surface area contributed by atoms with Crippen LogP contribution in [0.1, 0.15) is 47.9 Å². The van der Waals surface area contributed by atoms with Crippen molar-refractivity contribution < 1.29 is 0 Å². The molecule has 0 aliphatic heterocycles. The molecule has 186 valence electrons. The van der Waals surface area contributed by atoms with Crippen molar-refractivity contribution >= 4 is 47.8 Å². The number of rotatable bonds is 4. The highest BCUT2D eigenvalue weighted by Gasteiger charge is 2.84. The molecule has 0 heterocycles. The van der Waals surface area contributed by atoms with Gasteiger partial charge in [0.15, 0.2) is 0 Å². The normalized spacial score (nSPS) is 32.8. The lowest BCUT2D eigenvalue weighted by atomic mass is 9.28. The van der Waals surface area contributed by atoms with E-state index in [1.165, 1.54) is 28.7 Å². The first-order chi connectivity index (χ1) is 17.9. The summed E-state index contributed by atoms with van der Waals surface area (Å²) in [7, 11) is 0. The predicted octanol–water partition coefficient (Wildman–Crippen LogP) is 9.69. The highest BCUT2D eigenvalue weighted by molar-refractivity contribution is 9.26. The van der Waals surface area contributed by atoms with Gasteiger partial charge in [-0.2, -0.15) is 0 Å². The summed E-state index contributed by atoms with van der Waals surface area (Å²) in [6.07, 6.45) is 4.49. The quantitative estimate of drug-likeness (QED) is 0.189. The Hall–Kier alpha value is -1.68. The van der Waals surface area contributed by atoms with E-state index in [0.717, 1.165) is 19.3 Å². The van der Waals surface area contributed by atoms with Crippen molar-refractivity contribution in [2.75, 3.05) is 0 Å². The molecule has 4 aromatic rings. The van der Waals surface area contributed by atoms with E-state index in [4.69, 9.17) is 0 Å². The lowest BCUT2D eigenvalue weighted by Gasteiger charge is -2.79. The van der Waals surface area contributed by atoms with E-state index in [-0.39, 0.29) is 23.8 Å². The van der Waals surface area contributed by atoms with Crippen LogP contribution in [0.5, 0.6) is 0 Å². The second-order valence-corrected chi connectivity index (χ2v) is 16.4. The Labute approximate surface area is 245 Å². The second-order valence-electron chi connectivity index (χ2n) is 11.4. The van der Waals surface area contributed by atoms with Gasteiger partial charge in [-0.3, -0.25) is 0 Å². The van der Waals surface area contributed by atoms with Crippen LogP contribution in [0.3, 0.4) is 0 Å². The molecule has 8 rings (SSSR count). The predicted molar refractivity (Wildman–Crippen MR) is 164 cm³/mol. The highest BCUT2D eigenvalue weighted by atomic mass is 79.9. The maximum Gasteiger partial charge on any atom is 0.107 e. The summed E-state index contributed by atoms with van der Waals surface area (Å²) >= 11 is 13.4. The van der Waals surface area contributed by atoms with Crippen LogP contribution in [0.2, 0.25) is 0 Å². The van der Waals surface area contributed by atoms with E-state index in [1.807, 2.05) is 0 Å². The van der Waals surface area contributed by atoms with Gasteiger partial charge in [0.1, 0.15) is 3.23 Å². The van der Waals surface area contributed by atoms with Crippen LogP contribution in [0.4, 0.5) is 0 Å². The van der Waals surface area contributed by atoms with Gasteiger partial charge in [0.25, 0.3) is 0 Å². The molecule has 4 atom stereocenters. The van der Waals surface area contributed by atoms with Gasteiger partial charge in [0.05, 0.1) is 4.32 Å². The second kappa shape index (κ2) is 8.41. The van der Waals surface area contributed by atoms with Gasteiger partial charge in [-0.1, -0.05) is 169 Å². The summed E-state index contributed by atoms with van der Waals surface area (Å²) in [5, 5.41) is 0. The van der Waals surface area contributed by atoms with Crippen LogP contribution in [0.15, 0.2) is 121 Å². The molecule has 0 N–H and O–H groups in total. The molecule has 37 heavy (non-hydrogen) atoms. The fourth-order valence-electron chi connectivity index (χ4n) is 9.08. The van der Waals surface area contributed by atoms with Crippen molar-refractivity contribution in [1.29, 1.82) is 0 Å². The lowest BCUT2D eigenvalue weighted by Crippen LogP contribution is -2.82. The molecule has 4 aliphatic rings. The minimum absolute atomic E-state index is 0.109. The number of halogens is 3. The molecular formula is C34H29Br3. The lowest BCUT2D eigenvalue weighted by molar-refractivity contribution is -0.0748. The summed E-state index contributed by atoms with van der Waals surface area (Å²) < 4.78 is -0.484. The average Bonchev–Trinajstić information content (AvgIpc) is 2.93. The molecule has 4 unspecified atom stereocenters. The third-order valence-corrected chi connectivity index (χ3v) is 15.0. The topological polar surface area (TPSA) is 0 Å². The molecule has 0 radical (unpaired) electrons. The largest absolute Gasteiger partial charge is 0.107 e. The Morgan fingerprint density at radius 2 is 0.919 bits per heavy atom. The Morgan fingerprint density at radius 3 is 1.41 bits per heavy atom. The van der Waals surface area contributed by atoms with Gasteiger partial charge in [-0.15, -0.1) is 0 Å². The molecule has 4 aromatic carbocycles. The number of hydrogen-bond donors (Lipinski definition) is 0. The van der Waals surface area contributed by atoms with Gasteiger partial charge in [-0.25, -0.2) is 0 Å². The molecular weight excluding hydrogens is 648 g/mol. The van der Waals surface area contributed by atoms with Gasteiger partial charge in [0.2, 0.25) is 0 Å². The molecule has 4 bridgehead atoms. The maximum absolute atomic E-state index is 4.47. The summed E-state index contributed by atoms with van der Waals surface area (Å²) in [6.45, 7) is 0. The van der Waals surface area contributed by atoms with Gasteiger partial charge < -0.3 is 0 Å². The fraction of sp³-hybridized carbons (Fsp3) is 0.294. The van der Waals surface area contributed by atoms with Crippen LogP contribution in [-0.4, -0.2) is 7.56 Å². The Morgan fingerprint density at radius 1 is 0.486 bits per heavy atom. The smallest absolute Gasteiger partial charge is 0.0828 e. The highest BCUT2D eigenvalue weighted by Crippen LogP contribution is 2.84. The average molecular weight is 677 g/mol. The summed E-state index contributed by atoms with van der Waals surface area (Å²) in [6, 6.07) is 45.6. The zero-order chi connectivity index (χ0) is 25.4. The van der Waals surface area contributed by atoms with E-state index in [9.17, 15) is 0 Å². The maximum atomic E-state index is 4.47. The van der Waals surface area contributed by atoms with Crippen molar-refractivity contribution in [1.82, 2.24) is 0 Å². The van der Waals surface area contributed by atoms with Crippen LogP contribution < -0.4 is 0 Å². The van der Waals surface area contributed by atoms with Crippen LogP contribution >= 0.6 is 47.8 Å². The van der Waals surface area contributed by atoms with Crippen LogP contribution in [-0.2, 0) is 16.2 Å². The van der Waals surface area contributed by atoms with Gasteiger partial charge in [-0.05, 0) is 53.9 Å². The molecule has 4 aliphatic carbocycles. The van der Waals surface area contributed by atoms with Crippen molar-refractivity contribution in [2.24, 2.45) is 5.92 Å². The van der Waals surface area contributed by atoms with Crippen molar-refractivity contribution in [2.45, 2.75) is 49.5 Å². The minimum atomic E-state index is -0.373. The number of hydrogen-bond acceptors (Lipinski definition) is 0. The van der Waals surface area contributed by atoms with Crippen LogP contribution in [0, 0.1) is 5.92 Å². The summed E-state index contributed by atoms with van der Waals surface area (Å²) in [5.74, 6) is 0.609. The molecule has 0 nitrogen and oxygen atoms in total. The SMILES string of the molecule is BrC12CC3CC(c4ccccc4)(C1)C(c1ccccc1)(c1ccccc1)C(c1ccccc1)(C3)C2(Br)Br. The fourth-order valence-corrected chi connectivity index (χ4v) is 12.3. The number of alkyl halides is 3. The molecule has 0 aromatic heterocycles. The van der Waals surface area contributed by atoms with Crippen molar-refractivity contribution in [3.63, 3.8) is 0 Å². The molecule has 3 heteroatoms. The number of benzene rings is 4. The molecule has 0 amide bonds. The van der Waals surface area contributed by atoms with Crippen molar-refractivity contribution in [3.05, 3.63) is 144 Å². The molecule has 4 saturated carbocycles. The van der Waals surface area contributed by atoms with Gasteiger partial charge >= 0.3 is 0 Å². The Bertz CT molecular complexity index is 1380. The summed E-state index contributed by atoms with van der Waals surface area (Å²) in [4.78, 5) is 0. The van der Waals surface area contributed by atoms with Crippen LogP contribution in [0.25, 0.3) is 0 Å². The monoisotopic (exact) mass is 674 g/mol. The first kappa shape index (κ1) is 24.4. The van der Waals surface area contributed by atoms with E-state index in [0.29, 0.717) is 5.92 Å². The first-order valence-corrected chi connectivity index (χ1v) is 15.6. The summed E-state index contributed by atoms with van der Waals surface area (Å²) in [5.41, 5.74) is 4.92. The molecule has 0 saturated heterocycles. The molecule has 4 fully saturated rings. The van der Waals surface area contributed by atoms with E-state index in [1.54, 1.807) is 0 Å². The zero-order valence-electron chi connectivity index (χ0n) is 20.6. The third kappa shape index (κ3) is 2.89. The molecule has 0 spiro atoms. The van der Waals surface area contributed by atoms with Gasteiger partial charge in [0, 0.05) is 16.2 Å². The third-order valence-electron chi connectivity index (χ3n) is 9.89. The zero-order valence-corrected chi connectivity index (χ0v) is 25.3. The van der Waals surface area contributed by atoms with E-state index >= 15 is 0 Å².